The minimum Gasteiger partial charge on any atom is -0.370 e. The standard InChI is InChI=1S/C20H24O3/c1-19(22-13-7-10-16-8-3-2-4-9-16)14-18-20(23-19)12-6-5-11-17(20)15-21-18/h2-4,7-11,18H,5-6,12-15H2,1H3/b10-7+/t18-,19+,20-/m0/s1. The lowest BCUT2D eigenvalue weighted by Crippen LogP contribution is -2.40. The second-order valence-corrected chi connectivity index (χ2v) is 6.87. The molecule has 3 atom stereocenters. The van der Waals surface area contributed by atoms with Crippen LogP contribution in [0.3, 0.4) is 0 Å². The molecule has 122 valence electrons. The molecule has 0 unspecified atom stereocenters. The van der Waals surface area contributed by atoms with Gasteiger partial charge in [-0.05, 0) is 37.3 Å². The van der Waals surface area contributed by atoms with Gasteiger partial charge in [-0.25, -0.2) is 0 Å². The Kier molecular flexibility index (Phi) is 3.88. The van der Waals surface area contributed by atoms with Crippen molar-refractivity contribution >= 4 is 6.08 Å². The van der Waals surface area contributed by atoms with Crippen LogP contribution >= 0.6 is 0 Å². The maximum atomic E-state index is 6.47. The topological polar surface area (TPSA) is 27.7 Å². The van der Waals surface area contributed by atoms with Crippen LogP contribution in [0.4, 0.5) is 0 Å². The fourth-order valence-electron chi connectivity index (χ4n) is 4.08. The maximum Gasteiger partial charge on any atom is 0.169 e. The lowest BCUT2D eigenvalue weighted by atomic mass is 9.81. The Morgan fingerprint density at radius 2 is 2.17 bits per heavy atom. The predicted molar refractivity (Wildman–Crippen MR) is 89.9 cm³/mol. The van der Waals surface area contributed by atoms with Crippen LogP contribution in [0.5, 0.6) is 0 Å². The van der Waals surface area contributed by atoms with Gasteiger partial charge >= 0.3 is 0 Å². The van der Waals surface area contributed by atoms with Crippen molar-refractivity contribution in [1.29, 1.82) is 0 Å². The van der Waals surface area contributed by atoms with Crippen molar-refractivity contribution in [2.24, 2.45) is 0 Å². The summed E-state index contributed by atoms with van der Waals surface area (Å²) < 4.78 is 18.5. The highest BCUT2D eigenvalue weighted by atomic mass is 16.7. The Balaban J connectivity index is 1.40. The summed E-state index contributed by atoms with van der Waals surface area (Å²) in [5, 5.41) is 0. The second kappa shape index (κ2) is 5.90. The third-order valence-corrected chi connectivity index (χ3v) is 5.20. The van der Waals surface area contributed by atoms with Gasteiger partial charge in [-0.2, -0.15) is 0 Å². The Morgan fingerprint density at radius 1 is 1.30 bits per heavy atom. The number of allylic oxidation sites excluding steroid dienone is 1. The highest BCUT2D eigenvalue weighted by Crippen LogP contribution is 2.52. The van der Waals surface area contributed by atoms with Gasteiger partial charge in [-0.15, -0.1) is 0 Å². The highest BCUT2D eigenvalue weighted by molar-refractivity contribution is 5.48. The van der Waals surface area contributed by atoms with Gasteiger partial charge in [0.1, 0.15) is 5.60 Å². The first-order valence-electron chi connectivity index (χ1n) is 8.57. The van der Waals surface area contributed by atoms with Crippen molar-refractivity contribution < 1.29 is 14.2 Å². The third-order valence-electron chi connectivity index (χ3n) is 5.20. The predicted octanol–water partition coefficient (Wildman–Crippen LogP) is 4.10. The van der Waals surface area contributed by atoms with Crippen LogP contribution in [0.25, 0.3) is 6.08 Å². The molecule has 3 nitrogen and oxygen atoms in total. The van der Waals surface area contributed by atoms with E-state index in [0.717, 1.165) is 25.9 Å². The van der Waals surface area contributed by atoms with E-state index in [0.29, 0.717) is 6.61 Å². The Labute approximate surface area is 137 Å². The smallest absolute Gasteiger partial charge is 0.169 e. The summed E-state index contributed by atoms with van der Waals surface area (Å²) in [6, 6.07) is 10.3. The van der Waals surface area contributed by atoms with E-state index < -0.39 is 5.79 Å². The van der Waals surface area contributed by atoms with Gasteiger partial charge in [0.25, 0.3) is 0 Å². The molecular weight excluding hydrogens is 288 g/mol. The summed E-state index contributed by atoms with van der Waals surface area (Å²) in [5.74, 6) is -0.553. The Morgan fingerprint density at radius 3 is 3.04 bits per heavy atom. The summed E-state index contributed by atoms with van der Waals surface area (Å²) >= 11 is 0. The molecule has 2 fully saturated rings. The molecule has 4 rings (SSSR count). The maximum absolute atomic E-state index is 6.47. The van der Waals surface area contributed by atoms with E-state index in [1.54, 1.807) is 0 Å². The van der Waals surface area contributed by atoms with Gasteiger partial charge in [-0.3, -0.25) is 0 Å². The first-order valence-corrected chi connectivity index (χ1v) is 8.57. The lowest BCUT2D eigenvalue weighted by Gasteiger charge is -2.34. The molecule has 2 saturated heterocycles. The van der Waals surface area contributed by atoms with Crippen LogP contribution in [0.2, 0.25) is 0 Å². The summed E-state index contributed by atoms with van der Waals surface area (Å²) in [5.41, 5.74) is 2.31. The van der Waals surface area contributed by atoms with E-state index in [2.05, 4.69) is 24.3 Å². The van der Waals surface area contributed by atoms with Crippen LogP contribution in [0.1, 0.15) is 38.2 Å². The Bertz CT molecular complexity index is 621. The molecule has 1 aliphatic carbocycles. The van der Waals surface area contributed by atoms with Crippen molar-refractivity contribution in [2.45, 2.75) is 50.1 Å². The van der Waals surface area contributed by atoms with Gasteiger partial charge in [0, 0.05) is 6.42 Å². The van der Waals surface area contributed by atoms with E-state index in [9.17, 15) is 0 Å². The van der Waals surface area contributed by atoms with E-state index >= 15 is 0 Å². The molecule has 3 heteroatoms. The molecule has 0 aromatic heterocycles. The normalized spacial score (nSPS) is 36.0. The quantitative estimate of drug-likeness (QED) is 0.783. The van der Waals surface area contributed by atoms with Crippen molar-refractivity contribution in [3.63, 3.8) is 0 Å². The minimum absolute atomic E-state index is 0.150. The minimum atomic E-state index is -0.553. The Hall–Kier alpha value is -1.42. The first kappa shape index (κ1) is 15.1. The van der Waals surface area contributed by atoms with Crippen molar-refractivity contribution in [3.05, 3.63) is 53.6 Å². The van der Waals surface area contributed by atoms with Crippen molar-refractivity contribution in [3.8, 4) is 0 Å². The molecule has 0 bridgehead atoms. The van der Waals surface area contributed by atoms with Gasteiger partial charge in [0.05, 0.1) is 19.3 Å². The van der Waals surface area contributed by atoms with Crippen LogP contribution in [-0.2, 0) is 14.2 Å². The monoisotopic (exact) mass is 312 g/mol. The summed E-state index contributed by atoms with van der Waals surface area (Å²) in [6.45, 7) is 3.33. The fourth-order valence-corrected chi connectivity index (χ4v) is 4.08. The molecule has 0 N–H and O–H groups in total. The number of ether oxygens (including phenoxy) is 3. The summed E-state index contributed by atoms with van der Waals surface area (Å²) in [4.78, 5) is 0. The van der Waals surface area contributed by atoms with E-state index in [1.165, 1.54) is 17.6 Å². The molecular formula is C20H24O3. The molecule has 1 spiro atoms. The molecule has 3 aliphatic rings. The number of rotatable bonds is 4. The zero-order chi connectivity index (χ0) is 15.8. The summed E-state index contributed by atoms with van der Waals surface area (Å²) in [7, 11) is 0. The highest BCUT2D eigenvalue weighted by Gasteiger charge is 2.60. The van der Waals surface area contributed by atoms with Gasteiger partial charge in [-0.1, -0.05) is 48.6 Å². The molecule has 1 aromatic carbocycles. The van der Waals surface area contributed by atoms with Crippen LogP contribution in [0.15, 0.2) is 48.1 Å². The first-order chi connectivity index (χ1) is 11.2. The third kappa shape index (κ3) is 2.78. The largest absolute Gasteiger partial charge is 0.370 e. The molecule has 2 aliphatic heterocycles. The van der Waals surface area contributed by atoms with E-state index in [4.69, 9.17) is 14.2 Å². The van der Waals surface area contributed by atoms with E-state index in [1.807, 2.05) is 31.2 Å². The zero-order valence-electron chi connectivity index (χ0n) is 13.7. The van der Waals surface area contributed by atoms with Crippen LogP contribution < -0.4 is 0 Å². The molecule has 0 amide bonds. The fraction of sp³-hybridized carbons (Fsp3) is 0.500. The van der Waals surface area contributed by atoms with Gasteiger partial charge < -0.3 is 14.2 Å². The molecule has 0 radical (unpaired) electrons. The second-order valence-electron chi connectivity index (χ2n) is 6.87. The van der Waals surface area contributed by atoms with Crippen LogP contribution in [0, 0.1) is 0 Å². The van der Waals surface area contributed by atoms with Crippen LogP contribution in [-0.4, -0.2) is 30.7 Å². The van der Waals surface area contributed by atoms with E-state index in [-0.39, 0.29) is 11.7 Å². The summed E-state index contributed by atoms with van der Waals surface area (Å²) in [6.07, 6.45) is 10.8. The SMILES string of the molecule is C[C@]1(OC/C=C/c2ccccc2)C[C@@H]2OCC3=CCCC[C@]32O1. The molecule has 0 saturated carbocycles. The zero-order valence-corrected chi connectivity index (χ0v) is 13.7. The molecule has 23 heavy (non-hydrogen) atoms. The number of hydrogen-bond acceptors (Lipinski definition) is 3. The van der Waals surface area contributed by atoms with Crippen molar-refractivity contribution in [2.75, 3.05) is 13.2 Å². The average molecular weight is 312 g/mol. The lowest BCUT2D eigenvalue weighted by molar-refractivity contribution is -0.229. The average Bonchev–Trinajstić information content (AvgIpc) is 3.03. The molecule has 1 aromatic rings. The van der Waals surface area contributed by atoms with Gasteiger partial charge in [0.15, 0.2) is 5.79 Å². The molecule has 2 heterocycles. The van der Waals surface area contributed by atoms with Gasteiger partial charge in [0.2, 0.25) is 0 Å². The number of hydrogen-bond donors (Lipinski definition) is 0. The van der Waals surface area contributed by atoms with Crippen molar-refractivity contribution in [1.82, 2.24) is 0 Å². The number of benzene rings is 1.